The number of esters is 2. The molecular weight excluding hydrogens is 1070 g/mol. The third kappa shape index (κ3) is 68.4. The zero-order valence-corrected chi connectivity index (χ0v) is 54.7. The molecule has 0 aromatic rings. The molecule has 0 aromatic carbocycles. The number of phosphoric ester groups is 1. The first-order valence-corrected chi connectivity index (χ1v) is 35.1. The maximum Gasteiger partial charge on any atom is 0.472 e. The van der Waals surface area contributed by atoms with E-state index in [1.807, 2.05) is 0 Å². The number of ether oxygens (including phenoxy) is 2. The van der Waals surface area contributed by atoms with Crippen LogP contribution in [-0.4, -0.2) is 49.3 Å². The van der Waals surface area contributed by atoms with Gasteiger partial charge in [0, 0.05) is 19.4 Å². The second kappa shape index (κ2) is 68.5. The van der Waals surface area contributed by atoms with Crippen molar-refractivity contribution in [2.75, 3.05) is 26.4 Å². The number of phosphoric acid groups is 1. The maximum atomic E-state index is 12.7. The Morgan fingerprint density at radius 1 is 0.365 bits per heavy atom. The highest BCUT2D eigenvalue weighted by Crippen LogP contribution is 2.43. The summed E-state index contributed by atoms with van der Waals surface area (Å²) in [4.78, 5) is 35.3. The Morgan fingerprint density at radius 2 is 0.647 bits per heavy atom. The highest BCUT2D eigenvalue weighted by Gasteiger charge is 2.26. The molecule has 9 nitrogen and oxygen atoms in total. The number of carbonyl (C=O) groups is 2. The number of allylic oxidation sites excluding steroid dienone is 28. The molecule has 0 bridgehead atoms. The first-order valence-electron chi connectivity index (χ1n) is 33.6. The van der Waals surface area contributed by atoms with Crippen LogP contribution in [0.2, 0.25) is 0 Å². The second-order valence-electron chi connectivity index (χ2n) is 21.6. The number of unbranched alkanes of at least 4 members (excludes halogenated alkanes) is 20. The predicted octanol–water partition coefficient (Wildman–Crippen LogP) is 22.2. The highest BCUT2D eigenvalue weighted by molar-refractivity contribution is 7.47. The summed E-state index contributed by atoms with van der Waals surface area (Å²) in [6.45, 7) is 3.57. The number of hydrogen-bond acceptors (Lipinski definition) is 8. The minimum atomic E-state index is -4.42. The van der Waals surface area contributed by atoms with Crippen LogP contribution in [0.25, 0.3) is 0 Å². The lowest BCUT2D eigenvalue weighted by atomic mass is 10.0. The fourth-order valence-corrected chi connectivity index (χ4v) is 9.41. The van der Waals surface area contributed by atoms with Crippen LogP contribution >= 0.6 is 7.82 Å². The van der Waals surface area contributed by atoms with E-state index in [1.54, 1.807) is 0 Å². The van der Waals surface area contributed by atoms with Gasteiger partial charge in [-0.3, -0.25) is 18.6 Å². The third-order valence-corrected chi connectivity index (χ3v) is 14.6. The van der Waals surface area contributed by atoms with Gasteiger partial charge in [-0.25, -0.2) is 4.57 Å². The Hall–Kier alpha value is -4.63. The van der Waals surface area contributed by atoms with Crippen molar-refractivity contribution >= 4 is 19.8 Å². The van der Waals surface area contributed by atoms with Crippen LogP contribution in [0.3, 0.4) is 0 Å². The molecule has 0 rings (SSSR count). The number of hydrogen-bond donors (Lipinski definition) is 2. The molecule has 0 saturated carbocycles. The van der Waals surface area contributed by atoms with E-state index >= 15 is 0 Å². The third-order valence-electron chi connectivity index (χ3n) is 13.6. The molecule has 10 heteroatoms. The Morgan fingerprint density at radius 3 is 0.976 bits per heavy atom. The van der Waals surface area contributed by atoms with Crippen molar-refractivity contribution in [2.45, 2.75) is 264 Å². The van der Waals surface area contributed by atoms with E-state index < -0.39 is 32.5 Å². The molecular formula is C75H122NO8P. The molecule has 2 atom stereocenters. The first kappa shape index (κ1) is 80.4. The molecule has 0 aliphatic carbocycles. The minimum Gasteiger partial charge on any atom is -0.462 e. The predicted molar refractivity (Wildman–Crippen MR) is 366 cm³/mol. The summed E-state index contributed by atoms with van der Waals surface area (Å²) in [5.41, 5.74) is 5.39. The average Bonchev–Trinajstić information content (AvgIpc) is 3.52. The molecule has 2 unspecified atom stereocenters. The van der Waals surface area contributed by atoms with Crippen molar-refractivity contribution < 1.29 is 37.6 Å². The standard InChI is InChI=1S/C75H122NO8P/c1-3-5-7-9-11-13-15-17-19-21-23-25-27-29-31-32-33-34-35-36-37-38-39-40-42-44-46-48-50-52-54-56-58-60-62-64-66-68-75(78)84-73(72-83-85(79,80)82-70-69-76)71-81-74(77)67-65-63-61-59-57-55-53-51-49-47-45-43-41-30-28-26-24-22-20-18-16-14-12-10-8-6-4-2/h5,7,11,13,16-19,22-25,28-31,33-34,36-37,39-40,44,46,50,52,56,58,73H,3-4,6,8-10,12,14-15,20-21,26-27,32,35,38,41-43,45,47-49,51,53-55,57,59-72,76H2,1-2H3,(H,79,80)/b7-5-,13-11-,18-16-,19-17-,24-22-,25-23-,30-28-,31-29-,34-33-,37-36-,40-39-,46-44-,52-50-,58-56-. The van der Waals surface area contributed by atoms with Crippen LogP contribution in [0.4, 0.5) is 0 Å². The van der Waals surface area contributed by atoms with Crippen molar-refractivity contribution in [1.29, 1.82) is 0 Å². The highest BCUT2D eigenvalue weighted by atomic mass is 31.2. The molecule has 0 amide bonds. The molecule has 3 N–H and O–H groups in total. The van der Waals surface area contributed by atoms with Crippen molar-refractivity contribution in [2.24, 2.45) is 5.73 Å². The molecule has 0 heterocycles. The van der Waals surface area contributed by atoms with Crippen LogP contribution in [0.5, 0.6) is 0 Å². The number of rotatable bonds is 61. The van der Waals surface area contributed by atoms with Gasteiger partial charge in [0.05, 0.1) is 13.2 Å². The van der Waals surface area contributed by atoms with Gasteiger partial charge in [0.25, 0.3) is 0 Å². The summed E-state index contributed by atoms with van der Waals surface area (Å²) in [5.74, 6) is -0.877. The van der Waals surface area contributed by atoms with Gasteiger partial charge >= 0.3 is 19.8 Å². The summed E-state index contributed by atoms with van der Waals surface area (Å²) < 4.78 is 33.1. The molecule has 0 spiro atoms. The Kier molecular flexibility index (Phi) is 64.8. The van der Waals surface area contributed by atoms with E-state index in [0.29, 0.717) is 6.42 Å². The number of carbonyl (C=O) groups excluding carboxylic acids is 2. The molecule has 0 aliphatic heterocycles. The van der Waals surface area contributed by atoms with Crippen molar-refractivity contribution in [3.8, 4) is 0 Å². The fraction of sp³-hybridized carbons (Fsp3) is 0.600. The molecule has 0 radical (unpaired) electrons. The minimum absolute atomic E-state index is 0.0385. The first-order chi connectivity index (χ1) is 41.8. The van der Waals surface area contributed by atoms with Crippen LogP contribution in [-0.2, 0) is 32.7 Å². The Bertz CT molecular complexity index is 2000. The van der Waals surface area contributed by atoms with Crippen LogP contribution in [0.15, 0.2) is 170 Å². The van der Waals surface area contributed by atoms with Crippen LogP contribution in [0, 0.1) is 0 Å². The summed E-state index contributed by atoms with van der Waals surface area (Å²) >= 11 is 0. The van der Waals surface area contributed by atoms with Gasteiger partial charge in [-0.15, -0.1) is 0 Å². The van der Waals surface area contributed by atoms with Crippen LogP contribution < -0.4 is 5.73 Å². The summed E-state index contributed by atoms with van der Waals surface area (Å²) in [7, 11) is -4.42. The zero-order valence-electron chi connectivity index (χ0n) is 53.8. The molecule has 0 aromatic heterocycles. The second-order valence-corrected chi connectivity index (χ2v) is 23.1. The quantitative estimate of drug-likeness (QED) is 0.0264. The molecule has 0 saturated heterocycles. The van der Waals surface area contributed by atoms with Gasteiger partial charge < -0.3 is 20.1 Å². The SMILES string of the molecule is CC/C=C\C/C=C\C/C=C\C/C=C\C/C=C\C/C=C\C/C=C\C/C=C\C/C=C\C/C=C\C/C=C\CCCCCC(=O)OC(COC(=O)CCCCCCCCCCCCCC/C=C\C/C=C\C/C=C\CCCCCCC)COP(=O)(O)OCCN. The summed E-state index contributed by atoms with van der Waals surface area (Å²) in [6.07, 6.45) is 101. The maximum absolute atomic E-state index is 12.7. The molecule has 0 aliphatic rings. The molecule has 85 heavy (non-hydrogen) atoms. The van der Waals surface area contributed by atoms with Gasteiger partial charge in [-0.2, -0.15) is 0 Å². The lowest BCUT2D eigenvalue weighted by molar-refractivity contribution is -0.161. The zero-order chi connectivity index (χ0) is 61.6. The number of nitrogens with two attached hydrogens (primary N) is 1. The van der Waals surface area contributed by atoms with Gasteiger partial charge in [-0.05, 0) is 135 Å². The van der Waals surface area contributed by atoms with Crippen molar-refractivity contribution in [3.63, 3.8) is 0 Å². The van der Waals surface area contributed by atoms with Gasteiger partial charge in [0.15, 0.2) is 6.10 Å². The molecule has 0 fully saturated rings. The van der Waals surface area contributed by atoms with E-state index in [0.717, 1.165) is 128 Å². The largest absolute Gasteiger partial charge is 0.472 e. The van der Waals surface area contributed by atoms with Crippen molar-refractivity contribution in [3.05, 3.63) is 170 Å². The topological polar surface area (TPSA) is 134 Å². The van der Waals surface area contributed by atoms with Crippen molar-refractivity contribution in [1.82, 2.24) is 0 Å². The Labute approximate surface area is 521 Å². The Balaban J connectivity index is 4.07. The van der Waals surface area contributed by atoms with E-state index in [9.17, 15) is 19.0 Å². The van der Waals surface area contributed by atoms with E-state index in [-0.39, 0.29) is 32.6 Å². The van der Waals surface area contributed by atoms with E-state index in [4.69, 9.17) is 24.3 Å². The lowest BCUT2D eigenvalue weighted by Crippen LogP contribution is -2.29. The fourth-order valence-electron chi connectivity index (χ4n) is 8.65. The summed E-state index contributed by atoms with van der Waals surface area (Å²) in [6, 6.07) is 0. The molecule has 480 valence electrons. The van der Waals surface area contributed by atoms with Crippen LogP contribution in [0.1, 0.15) is 258 Å². The van der Waals surface area contributed by atoms with E-state index in [2.05, 4.69) is 184 Å². The average molecular weight is 1200 g/mol. The lowest BCUT2D eigenvalue weighted by Gasteiger charge is -2.19. The smallest absolute Gasteiger partial charge is 0.462 e. The van der Waals surface area contributed by atoms with Gasteiger partial charge in [0.2, 0.25) is 0 Å². The monoisotopic (exact) mass is 1200 g/mol. The van der Waals surface area contributed by atoms with Gasteiger partial charge in [0.1, 0.15) is 6.61 Å². The summed E-state index contributed by atoms with van der Waals surface area (Å²) in [5, 5.41) is 0. The normalized spacial score (nSPS) is 14.1. The van der Waals surface area contributed by atoms with E-state index in [1.165, 1.54) is 96.3 Å². The van der Waals surface area contributed by atoms with Gasteiger partial charge in [-0.1, -0.05) is 280 Å².